The summed E-state index contributed by atoms with van der Waals surface area (Å²) in [7, 11) is 1.73. The van der Waals surface area contributed by atoms with Crippen molar-refractivity contribution in [2.45, 2.75) is 32.7 Å². The summed E-state index contributed by atoms with van der Waals surface area (Å²) in [5, 5.41) is 11.9. The van der Waals surface area contributed by atoms with E-state index in [9.17, 15) is 4.79 Å². The third kappa shape index (κ3) is 4.29. The number of anilines is 1. The minimum absolute atomic E-state index is 0.0511. The smallest absolute Gasteiger partial charge is 0.253 e. The van der Waals surface area contributed by atoms with Gasteiger partial charge in [-0.25, -0.2) is 0 Å². The van der Waals surface area contributed by atoms with E-state index in [0.29, 0.717) is 12.0 Å². The molecule has 4 nitrogen and oxygen atoms in total. The zero-order valence-electron chi connectivity index (χ0n) is 11.8. The highest BCUT2D eigenvalue weighted by molar-refractivity contribution is 5.94. The van der Waals surface area contributed by atoms with E-state index >= 15 is 0 Å². The van der Waals surface area contributed by atoms with Gasteiger partial charge in [0.15, 0.2) is 0 Å². The van der Waals surface area contributed by atoms with Gasteiger partial charge in [-0.1, -0.05) is 6.92 Å². The van der Waals surface area contributed by atoms with Gasteiger partial charge in [-0.2, -0.15) is 5.26 Å². The van der Waals surface area contributed by atoms with E-state index in [1.54, 1.807) is 11.9 Å². The van der Waals surface area contributed by atoms with Gasteiger partial charge < -0.3 is 10.2 Å². The van der Waals surface area contributed by atoms with E-state index in [1.807, 2.05) is 31.2 Å². The van der Waals surface area contributed by atoms with Crippen LogP contribution in [0.4, 0.5) is 5.69 Å². The Bertz CT molecular complexity index is 447. The Hall–Kier alpha value is -2.02. The maximum atomic E-state index is 12.2. The second-order valence-corrected chi connectivity index (χ2v) is 4.63. The Balaban J connectivity index is 2.70. The van der Waals surface area contributed by atoms with Crippen molar-refractivity contribution in [1.29, 1.82) is 5.26 Å². The van der Waals surface area contributed by atoms with Gasteiger partial charge in [-0.15, -0.1) is 0 Å². The molecule has 0 aliphatic rings. The van der Waals surface area contributed by atoms with Crippen LogP contribution in [-0.4, -0.2) is 30.4 Å². The lowest BCUT2D eigenvalue weighted by Gasteiger charge is -2.23. The van der Waals surface area contributed by atoms with Gasteiger partial charge in [-0.05, 0) is 37.6 Å². The molecular formula is C15H21N3O. The number of nitrogens with zero attached hydrogens (tertiary/aromatic N) is 2. The molecule has 4 heteroatoms. The van der Waals surface area contributed by atoms with Gasteiger partial charge in [0.2, 0.25) is 0 Å². The summed E-state index contributed by atoms with van der Waals surface area (Å²) in [6.45, 7) is 4.90. The molecule has 1 atom stereocenters. The van der Waals surface area contributed by atoms with Crippen LogP contribution in [0.25, 0.3) is 0 Å². The summed E-state index contributed by atoms with van der Waals surface area (Å²) in [6.07, 6.45) is 1.41. The van der Waals surface area contributed by atoms with E-state index in [4.69, 9.17) is 5.26 Å². The van der Waals surface area contributed by atoms with Crippen molar-refractivity contribution >= 4 is 11.6 Å². The van der Waals surface area contributed by atoms with E-state index < -0.39 is 0 Å². The number of nitrogens with one attached hydrogen (secondary N) is 1. The molecule has 0 radical (unpaired) electrons. The molecule has 0 aromatic heterocycles. The minimum Gasteiger partial charge on any atom is -0.385 e. The van der Waals surface area contributed by atoms with Gasteiger partial charge in [0.05, 0.1) is 12.5 Å². The van der Waals surface area contributed by atoms with Crippen molar-refractivity contribution in [2.75, 3.05) is 18.9 Å². The Morgan fingerprint density at radius 2 is 2.05 bits per heavy atom. The molecule has 0 aliphatic carbocycles. The van der Waals surface area contributed by atoms with Crippen molar-refractivity contribution in [3.8, 4) is 6.07 Å². The summed E-state index contributed by atoms with van der Waals surface area (Å²) in [5.74, 6) is -0.0511. The predicted molar refractivity (Wildman–Crippen MR) is 77.0 cm³/mol. The molecule has 0 fully saturated rings. The van der Waals surface area contributed by atoms with Gasteiger partial charge in [0, 0.05) is 30.9 Å². The number of hydrogen-bond acceptors (Lipinski definition) is 3. The third-order valence-corrected chi connectivity index (χ3v) is 3.08. The normalized spacial score (nSPS) is 11.5. The molecule has 1 rings (SSSR count). The molecule has 1 aromatic carbocycles. The van der Waals surface area contributed by atoms with E-state index in [-0.39, 0.29) is 11.9 Å². The largest absolute Gasteiger partial charge is 0.385 e. The lowest BCUT2D eigenvalue weighted by atomic mass is 10.1. The molecule has 19 heavy (non-hydrogen) atoms. The SMILES string of the molecule is CCCNc1ccc(C(=O)N(C)C(C)CC#N)cc1. The van der Waals surface area contributed by atoms with Crippen LogP contribution in [0, 0.1) is 11.3 Å². The summed E-state index contributed by atoms with van der Waals surface area (Å²) in [4.78, 5) is 13.8. The van der Waals surface area contributed by atoms with Crippen LogP contribution in [-0.2, 0) is 0 Å². The second-order valence-electron chi connectivity index (χ2n) is 4.63. The number of carbonyl (C=O) groups excluding carboxylic acids is 1. The number of hydrogen-bond donors (Lipinski definition) is 1. The van der Waals surface area contributed by atoms with E-state index in [0.717, 1.165) is 18.7 Å². The van der Waals surface area contributed by atoms with Crippen molar-refractivity contribution in [2.24, 2.45) is 0 Å². The Labute approximate surface area is 115 Å². The molecule has 1 N–H and O–H groups in total. The molecule has 1 aromatic rings. The molecule has 102 valence electrons. The first-order valence-corrected chi connectivity index (χ1v) is 6.58. The van der Waals surface area contributed by atoms with E-state index in [1.165, 1.54) is 0 Å². The second kappa shape index (κ2) is 7.42. The van der Waals surface area contributed by atoms with Crippen LogP contribution in [0.3, 0.4) is 0 Å². The van der Waals surface area contributed by atoms with Gasteiger partial charge >= 0.3 is 0 Å². The van der Waals surface area contributed by atoms with Gasteiger partial charge in [0.25, 0.3) is 5.91 Å². The molecule has 1 amide bonds. The highest BCUT2D eigenvalue weighted by atomic mass is 16.2. The fraction of sp³-hybridized carbons (Fsp3) is 0.467. The van der Waals surface area contributed by atoms with Crippen molar-refractivity contribution in [1.82, 2.24) is 4.90 Å². The van der Waals surface area contributed by atoms with Crippen LogP contribution < -0.4 is 5.32 Å². The Kier molecular flexibility index (Phi) is 5.87. The average molecular weight is 259 g/mol. The van der Waals surface area contributed by atoms with Crippen LogP contribution >= 0.6 is 0 Å². The summed E-state index contributed by atoms with van der Waals surface area (Å²) in [5.41, 5.74) is 1.67. The van der Waals surface area contributed by atoms with Crippen molar-refractivity contribution < 1.29 is 4.79 Å². The van der Waals surface area contributed by atoms with Crippen LogP contribution in [0.5, 0.6) is 0 Å². The molecule has 0 bridgehead atoms. The summed E-state index contributed by atoms with van der Waals surface area (Å²) < 4.78 is 0. The Morgan fingerprint density at radius 1 is 1.42 bits per heavy atom. The third-order valence-electron chi connectivity index (χ3n) is 3.08. The molecule has 1 unspecified atom stereocenters. The first kappa shape index (κ1) is 15.0. The highest BCUT2D eigenvalue weighted by Gasteiger charge is 2.16. The zero-order valence-corrected chi connectivity index (χ0v) is 11.8. The maximum absolute atomic E-state index is 12.2. The van der Waals surface area contributed by atoms with E-state index in [2.05, 4.69) is 18.3 Å². The molecule has 0 heterocycles. The monoisotopic (exact) mass is 259 g/mol. The minimum atomic E-state index is -0.0737. The predicted octanol–water partition coefficient (Wildman–Crippen LogP) is 2.88. The Morgan fingerprint density at radius 3 is 2.58 bits per heavy atom. The van der Waals surface area contributed by atoms with Crippen LogP contribution in [0.15, 0.2) is 24.3 Å². The fourth-order valence-corrected chi connectivity index (χ4v) is 1.67. The zero-order chi connectivity index (χ0) is 14.3. The first-order chi connectivity index (χ1) is 9.10. The lowest BCUT2D eigenvalue weighted by molar-refractivity contribution is 0.0746. The molecule has 0 saturated carbocycles. The van der Waals surface area contributed by atoms with Crippen LogP contribution in [0.2, 0.25) is 0 Å². The number of rotatable bonds is 6. The number of benzene rings is 1. The lowest BCUT2D eigenvalue weighted by Crippen LogP contribution is -2.34. The summed E-state index contributed by atoms with van der Waals surface area (Å²) in [6, 6.07) is 9.46. The van der Waals surface area contributed by atoms with Gasteiger partial charge in [-0.3, -0.25) is 4.79 Å². The molecular weight excluding hydrogens is 238 g/mol. The van der Waals surface area contributed by atoms with Crippen molar-refractivity contribution in [3.05, 3.63) is 29.8 Å². The first-order valence-electron chi connectivity index (χ1n) is 6.58. The topological polar surface area (TPSA) is 56.1 Å². The standard InChI is InChI=1S/C15H21N3O/c1-4-11-17-14-7-5-13(6-8-14)15(19)18(3)12(2)9-10-16/h5-8,12,17H,4,9,11H2,1-3H3. The molecule has 0 spiro atoms. The molecule has 0 aliphatic heterocycles. The highest BCUT2D eigenvalue weighted by Crippen LogP contribution is 2.13. The number of carbonyl (C=O) groups is 1. The number of amides is 1. The van der Waals surface area contributed by atoms with Crippen LogP contribution in [0.1, 0.15) is 37.0 Å². The number of nitriles is 1. The maximum Gasteiger partial charge on any atom is 0.253 e. The van der Waals surface area contributed by atoms with Gasteiger partial charge in [0.1, 0.15) is 0 Å². The summed E-state index contributed by atoms with van der Waals surface area (Å²) >= 11 is 0. The van der Waals surface area contributed by atoms with Crippen molar-refractivity contribution in [3.63, 3.8) is 0 Å². The average Bonchev–Trinajstić information content (AvgIpc) is 2.44. The fourth-order valence-electron chi connectivity index (χ4n) is 1.67. The molecule has 0 saturated heterocycles. The quantitative estimate of drug-likeness (QED) is 0.854.